The maximum atomic E-state index is 12.5. The lowest BCUT2D eigenvalue weighted by atomic mass is 10.2. The first-order valence-electron chi connectivity index (χ1n) is 8.18. The van der Waals surface area contributed by atoms with Crippen LogP contribution in [0.25, 0.3) is 0 Å². The second-order valence-electron chi connectivity index (χ2n) is 7.48. The van der Waals surface area contributed by atoms with Crippen LogP contribution >= 0.6 is 12.6 Å². The van der Waals surface area contributed by atoms with Crippen molar-refractivity contribution in [2.75, 3.05) is 11.4 Å². The number of hydrogen-bond acceptors (Lipinski definition) is 5. The van der Waals surface area contributed by atoms with Crippen LogP contribution in [-0.2, 0) is 22.6 Å². The maximum Gasteiger partial charge on any atom is 0.410 e. The van der Waals surface area contributed by atoms with Crippen LogP contribution in [0, 0.1) is 0 Å². The summed E-state index contributed by atoms with van der Waals surface area (Å²) in [5.74, 6) is 0.0493. The molecule has 0 aromatic carbocycles. The number of thiol groups is 1. The number of carbonyl (C=O) groups is 2. The predicted octanol–water partition coefficient (Wildman–Crippen LogP) is 2.06. The fraction of sp³-hybridized carbons (Fsp3) is 0.688. The van der Waals surface area contributed by atoms with Gasteiger partial charge in [-0.15, -0.1) is 0 Å². The van der Waals surface area contributed by atoms with Gasteiger partial charge >= 0.3 is 6.09 Å². The minimum absolute atomic E-state index is 0.0213. The van der Waals surface area contributed by atoms with Gasteiger partial charge in [-0.25, -0.2) is 4.79 Å². The average Bonchev–Trinajstić information content (AvgIpc) is 2.98. The summed E-state index contributed by atoms with van der Waals surface area (Å²) in [5.41, 5.74) is 1.10. The molecule has 1 fully saturated rings. The third kappa shape index (κ3) is 3.24. The van der Waals surface area contributed by atoms with Crippen LogP contribution in [0.1, 0.15) is 39.8 Å². The van der Waals surface area contributed by atoms with Gasteiger partial charge in [-0.2, -0.15) is 17.7 Å². The van der Waals surface area contributed by atoms with Crippen molar-refractivity contribution in [2.24, 2.45) is 0 Å². The summed E-state index contributed by atoms with van der Waals surface area (Å²) in [7, 11) is 0. The normalized spacial score (nSPS) is 24.3. The Bertz CT molecular complexity index is 667. The molecule has 2 aliphatic rings. The van der Waals surface area contributed by atoms with Crippen molar-refractivity contribution >= 4 is 30.3 Å². The number of amides is 2. The van der Waals surface area contributed by atoms with E-state index in [1.807, 2.05) is 32.4 Å². The van der Waals surface area contributed by atoms with Crippen molar-refractivity contribution in [3.05, 3.63) is 11.9 Å². The first kappa shape index (κ1) is 17.1. The Morgan fingerprint density at radius 2 is 2.08 bits per heavy atom. The van der Waals surface area contributed by atoms with Crippen LogP contribution < -0.4 is 4.90 Å². The molecule has 2 atom stereocenters. The Balaban J connectivity index is 1.84. The summed E-state index contributed by atoms with van der Waals surface area (Å²) in [6.07, 6.45) is 1.80. The van der Waals surface area contributed by atoms with E-state index in [-0.39, 0.29) is 23.3 Å². The lowest BCUT2D eigenvalue weighted by Gasteiger charge is -2.36. The summed E-state index contributed by atoms with van der Waals surface area (Å²) < 4.78 is 7.38. The molecule has 24 heavy (non-hydrogen) atoms. The highest BCUT2D eigenvalue weighted by atomic mass is 32.1. The standard InChI is InChI=1S/C16H24N4O3S/c1-10-7-20-13(9-18(10)15(22)23-16(2,3)4)12(6-17-20)19-8-11(24)5-14(19)21/h6,10-11,24H,5,7-9H2,1-4H3/t10-,11?/m0/s1. The zero-order chi connectivity index (χ0) is 17.6. The number of ether oxygens (including phenoxy) is 1. The van der Waals surface area contributed by atoms with Crippen molar-refractivity contribution in [1.82, 2.24) is 14.7 Å². The highest BCUT2D eigenvalue weighted by molar-refractivity contribution is 7.81. The monoisotopic (exact) mass is 352 g/mol. The SMILES string of the molecule is C[C@H]1Cn2ncc(N3CC(S)CC3=O)c2CN1C(=O)OC(C)(C)C. The molecule has 0 bridgehead atoms. The van der Waals surface area contributed by atoms with Gasteiger partial charge in [-0.1, -0.05) is 0 Å². The number of fused-ring (bicyclic) bond motifs is 1. The number of aromatic nitrogens is 2. The average molecular weight is 352 g/mol. The summed E-state index contributed by atoms with van der Waals surface area (Å²) in [5, 5.41) is 4.44. The van der Waals surface area contributed by atoms with Gasteiger partial charge in [0, 0.05) is 18.2 Å². The van der Waals surface area contributed by atoms with Crippen LogP contribution in [0.2, 0.25) is 0 Å². The highest BCUT2D eigenvalue weighted by Gasteiger charge is 2.36. The molecule has 1 unspecified atom stereocenters. The zero-order valence-corrected chi connectivity index (χ0v) is 15.4. The summed E-state index contributed by atoms with van der Waals surface area (Å²) in [6.45, 7) is 9.07. The van der Waals surface area contributed by atoms with Crippen LogP contribution in [0.5, 0.6) is 0 Å². The Morgan fingerprint density at radius 1 is 1.38 bits per heavy atom. The fourth-order valence-corrected chi connectivity index (χ4v) is 3.42. The molecule has 8 heteroatoms. The van der Waals surface area contributed by atoms with Crippen molar-refractivity contribution in [3.8, 4) is 0 Å². The number of nitrogens with zero attached hydrogens (tertiary/aromatic N) is 4. The largest absolute Gasteiger partial charge is 0.444 e. The first-order chi connectivity index (χ1) is 11.2. The molecule has 0 N–H and O–H groups in total. The molecule has 1 saturated heterocycles. The number of carbonyl (C=O) groups excluding carboxylic acids is 2. The van der Waals surface area contributed by atoms with E-state index >= 15 is 0 Å². The molecule has 132 valence electrons. The van der Waals surface area contributed by atoms with E-state index in [9.17, 15) is 9.59 Å². The zero-order valence-electron chi connectivity index (χ0n) is 14.5. The van der Waals surface area contributed by atoms with Gasteiger partial charge in [0.1, 0.15) is 5.60 Å². The van der Waals surface area contributed by atoms with Crippen molar-refractivity contribution in [2.45, 2.75) is 64.1 Å². The van der Waals surface area contributed by atoms with Gasteiger partial charge in [0.15, 0.2) is 0 Å². The Hall–Kier alpha value is -1.70. The molecule has 3 heterocycles. The van der Waals surface area contributed by atoms with Gasteiger partial charge in [0.2, 0.25) is 5.91 Å². The predicted molar refractivity (Wildman–Crippen MR) is 93.2 cm³/mol. The summed E-state index contributed by atoms with van der Waals surface area (Å²) in [6, 6.07) is -0.0213. The van der Waals surface area contributed by atoms with Gasteiger partial charge in [-0.3, -0.25) is 14.4 Å². The third-order valence-electron chi connectivity index (χ3n) is 4.24. The van der Waals surface area contributed by atoms with E-state index in [4.69, 9.17) is 4.74 Å². The van der Waals surface area contributed by atoms with E-state index in [0.717, 1.165) is 11.4 Å². The maximum absolute atomic E-state index is 12.5. The second kappa shape index (κ2) is 5.98. The van der Waals surface area contributed by atoms with Gasteiger partial charge in [-0.05, 0) is 27.7 Å². The summed E-state index contributed by atoms with van der Waals surface area (Å²) >= 11 is 4.41. The topological polar surface area (TPSA) is 67.7 Å². The van der Waals surface area contributed by atoms with Crippen LogP contribution in [0.15, 0.2) is 6.20 Å². The molecule has 1 aromatic heterocycles. The minimum Gasteiger partial charge on any atom is -0.444 e. The van der Waals surface area contributed by atoms with E-state index in [2.05, 4.69) is 17.7 Å². The molecule has 1 aromatic rings. The van der Waals surface area contributed by atoms with Crippen LogP contribution in [0.3, 0.4) is 0 Å². The Morgan fingerprint density at radius 3 is 2.67 bits per heavy atom. The Kier molecular flexibility index (Phi) is 4.27. The van der Waals surface area contributed by atoms with E-state index in [1.54, 1.807) is 16.0 Å². The molecular weight excluding hydrogens is 328 g/mol. The first-order valence-corrected chi connectivity index (χ1v) is 8.70. The van der Waals surface area contributed by atoms with Gasteiger partial charge < -0.3 is 9.64 Å². The quantitative estimate of drug-likeness (QED) is 0.786. The highest BCUT2D eigenvalue weighted by Crippen LogP contribution is 2.31. The molecule has 2 aliphatic heterocycles. The number of hydrogen-bond donors (Lipinski definition) is 1. The molecular formula is C16H24N4O3S. The summed E-state index contributed by atoms with van der Waals surface area (Å²) in [4.78, 5) is 28.1. The lowest BCUT2D eigenvalue weighted by molar-refractivity contribution is -0.117. The molecule has 0 radical (unpaired) electrons. The third-order valence-corrected chi connectivity index (χ3v) is 4.59. The van der Waals surface area contributed by atoms with Gasteiger partial charge in [0.25, 0.3) is 0 Å². The van der Waals surface area contributed by atoms with Crippen LogP contribution in [-0.4, -0.2) is 50.1 Å². The molecule has 7 nitrogen and oxygen atoms in total. The smallest absolute Gasteiger partial charge is 0.410 e. The van der Waals surface area contributed by atoms with E-state index < -0.39 is 5.60 Å². The molecule has 2 amide bonds. The molecule has 0 saturated carbocycles. The van der Waals surface area contributed by atoms with E-state index in [0.29, 0.717) is 26.1 Å². The van der Waals surface area contributed by atoms with Crippen molar-refractivity contribution in [1.29, 1.82) is 0 Å². The lowest BCUT2D eigenvalue weighted by Crippen LogP contribution is -2.47. The molecule has 0 spiro atoms. The van der Waals surface area contributed by atoms with Crippen molar-refractivity contribution in [3.63, 3.8) is 0 Å². The Labute approximate surface area is 147 Å². The van der Waals surface area contributed by atoms with Crippen LogP contribution in [0.4, 0.5) is 10.5 Å². The fourth-order valence-electron chi connectivity index (χ4n) is 3.10. The second-order valence-corrected chi connectivity index (χ2v) is 8.21. The number of rotatable bonds is 1. The van der Waals surface area contributed by atoms with Crippen molar-refractivity contribution < 1.29 is 14.3 Å². The molecule has 0 aliphatic carbocycles. The number of anilines is 1. The molecule has 3 rings (SSSR count). The van der Waals surface area contributed by atoms with Gasteiger partial charge in [0.05, 0.1) is 36.7 Å². The minimum atomic E-state index is -0.540. The van der Waals surface area contributed by atoms with E-state index in [1.165, 1.54) is 0 Å².